The van der Waals surface area contributed by atoms with Crippen molar-refractivity contribution in [3.63, 3.8) is 0 Å². The van der Waals surface area contributed by atoms with Crippen LogP contribution in [-0.2, 0) is 13.1 Å². The number of anilines is 1. The highest BCUT2D eigenvalue weighted by Gasteiger charge is 2.15. The highest BCUT2D eigenvalue weighted by Crippen LogP contribution is 2.20. The first-order chi connectivity index (χ1) is 9.65. The van der Waals surface area contributed by atoms with Gasteiger partial charge < -0.3 is 15.2 Å². The largest absolute Gasteiger partial charge is 0.496 e. The predicted molar refractivity (Wildman–Crippen MR) is 75.2 cm³/mol. The number of nitrogens with zero attached hydrogens (tertiary/aromatic N) is 2. The fourth-order valence-corrected chi connectivity index (χ4v) is 1.91. The molecule has 6 heteroatoms. The van der Waals surface area contributed by atoms with Gasteiger partial charge in [-0.25, -0.2) is 4.79 Å². The summed E-state index contributed by atoms with van der Waals surface area (Å²) in [7, 11) is 1.61. The molecule has 2 N–H and O–H groups in total. The highest BCUT2D eigenvalue weighted by molar-refractivity contribution is 5.91. The number of hydrogen-bond acceptors (Lipinski definition) is 4. The van der Waals surface area contributed by atoms with Crippen molar-refractivity contribution in [2.45, 2.75) is 20.0 Å². The zero-order valence-corrected chi connectivity index (χ0v) is 11.5. The minimum atomic E-state index is -1.04. The summed E-state index contributed by atoms with van der Waals surface area (Å²) in [6, 6.07) is 7.59. The van der Waals surface area contributed by atoms with Gasteiger partial charge in [0.15, 0.2) is 5.69 Å². The van der Waals surface area contributed by atoms with Crippen LogP contribution < -0.4 is 10.1 Å². The number of aromatic nitrogens is 2. The summed E-state index contributed by atoms with van der Waals surface area (Å²) in [4.78, 5) is 11.1. The number of aromatic carboxylic acids is 1. The van der Waals surface area contributed by atoms with Gasteiger partial charge in [0.1, 0.15) is 5.75 Å². The Labute approximate surface area is 117 Å². The zero-order chi connectivity index (χ0) is 14.5. The Hall–Kier alpha value is -2.50. The number of rotatable bonds is 6. The lowest BCUT2D eigenvalue weighted by Crippen LogP contribution is -2.06. The monoisotopic (exact) mass is 275 g/mol. The molecule has 0 aliphatic carbocycles. The molecule has 0 radical (unpaired) electrons. The molecule has 0 atom stereocenters. The van der Waals surface area contributed by atoms with E-state index in [1.165, 1.54) is 0 Å². The van der Waals surface area contributed by atoms with Crippen LogP contribution in [0.25, 0.3) is 0 Å². The van der Waals surface area contributed by atoms with E-state index in [9.17, 15) is 4.79 Å². The van der Waals surface area contributed by atoms with Gasteiger partial charge in [-0.2, -0.15) is 5.10 Å². The van der Waals surface area contributed by atoms with E-state index < -0.39 is 5.97 Å². The number of carbonyl (C=O) groups is 1. The Morgan fingerprint density at radius 3 is 2.85 bits per heavy atom. The van der Waals surface area contributed by atoms with Gasteiger partial charge in [0, 0.05) is 24.8 Å². The van der Waals surface area contributed by atoms with Crippen LogP contribution in [0.3, 0.4) is 0 Å². The third kappa shape index (κ3) is 2.90. The van der Waals surface area contributed by atoms with E-state index in [-0.39, 0.29) is 5.69 Å². The first kappa shape index (κ1) is 13.9. The van der Waals surface area contributed by atoms with Crippen LogP contribution in [0, 0.1) is 0 Å². The standard InChI is InChI=1S/C14H17N3O3/c1-3-17-9-11(13(16-17)14(18)19)15-8-10-6-4-5-7-12(10)20-2/h4-7,9,15H,3,8H2,1-2H3,(H,18,19). The number of nitrogens with one attached hydrogen (secondary N) is 1. The average molecular weight is 275 g/mol. The second-order valence-corrected chi connectivity index (χ2v) is 4.22. The summed E-state index contributed by atoms with van der Waals surface area (Å²) in [6.45, 7) is 3.00. The smallest absolute Gasteiger partial charge is 0.358 e. The third-order valence-corrected chi connectivity index (χ3v) is 2.95. The molecule has 1 heterocycles. The molecule has 0 amide bonds. The number of benzene rings is 1. The predicted octanol–water partition coefficient (Wildman–Crippen LogP) is 2.22. The fourth-order valence-electron chi connectivity index (χ4n) is 1.91. The van der Waals surface area contributed by atoms with Crippen LogP contribution in [0.2, 0.25) is 0 Å². The van der Waals surface area contributed by atoms with Crippen molar-refractivity contribution in [1.82, 2.24) is 9.78 Å². The number of aryl methyl sites for hydroxylation is 1. The Morgan fingerprint density at radius 2 is 2.20 bits per heavy atom. The lowest BCUT2D eigenvalue weighted by molar-refractivity contribution is 0.0690. The summed E-state index contributed by atoms with van der Waals surface area (Å²) in [5.74, 6) is -0.278. The summed E-state index contributed by atoms with van der Waals surface area (Å²) in [5.41, 5.74) is 1.49. The zero-order valence-electron chi connectivity index (χ0n) is 11.5. The normalized spacial score (nSPS) is 10.3. The number of methoxy groups -OCH3 is 1. The molecule has 0 aliphatic heterocycles. The van der Waals surface area contributed by atoms with Gasteiger partial charge in [0.05, 0.1) is 12.8 Å². The van der Waals surface area contributed by atoms with Gasteiger partial charge in [-0.05, 0) is 13.0 Å². The van der Waals surface area contributed by atoms with Gasteiger partial charge in [0.25, 0.3) is 0 Å². The molecule has 0 fully saturated rings. The molecular weight excluding hydrogens is 258 g/mol. The molecule has 2 aromatic rings. The average Bonchev–Trinajstić information content (AvgIpc) is 2.89. The van der Waals surface area contributed by atoms with Crippen LogP contribution in [0.1, 0.15) is 23.0 Å². The van der Waals surface area contributed by atoms with Crippen molar-refractivity contribution < 1.29 is 14.6 Å². The van der Waals surface area contributed by atoms with E-state index >= 15 is 0 Å². The maximum atomic E-state index is 11.1. The second-order valence-electron chi connectivity index (χ2n) is 4.22. The van der Waals surface area contributed by atoms with E-state index in [0.29, 0.717) is 18.8 Å². The van der Waals surface area contributed by atoms with Crippen molar-refractivity contribution in [2.75, 3.05) is 12.4 Å². The maximum absolute atomic E-state index is 11.1. The third-order valence-electron chi connectivity index (χ3n) is 2.95. The van der Waals surface area contributed by atoms with Gasteiger partial charge >= 0.3 is 5.97 Å². The molecule has 0 unspecified atom stereocenters. The number of carboxylic acids is 1. The van der Waals surface area contributed by atoms with Crippen molar-refractivity contribution in [3.8, 4) is 5.75 Å². The highest BCUT2D eigenvalue weighted by atomic mass is 16.5. The molecule has 2 rings (SSSR count). The topological polar surface area (TPSA) is 76.4 Å². The van der Waals surface area contributed by atoms with Gasteiger partial charge in [0.2, 0.25) is 0 Å². The maximum Gasteiger partial charge on any atom is 0.358 e. The molecule has 0 spiro atoms. The molecule has 20 heavy (non-hydrogen) atoms. The van der Waals surface area contributed by atoms with E-state index in [4.69, 9.17) is 9.84 Å². The van der Waals surface area contributed by atoms with E-state index in [0.717, 1.165) is 11.3 Å². The molecule has 0 saturated heterocycles. The van der Waals surface area contributed by atoms with Crippen LogP contribution in [-0.4, -0.2) is 28.0 Å². The van der Waals surface area contributed by atoms with E-state index in [2.05, 4.69) is 10.4 Å². The second kappa shape index (κ2) is 6.10. The summed E-state index contributed by atoms with van der Waals surface area (Å²) in [5, 5.41) is 16.2. The Morgan fingerprint density at radius 1 is 1.45 bits per heavy atom. The summed E-state index contributed by atoms with van der Waals surface area (Å²) in [6.07, 6.45) is 1.69. The lowest BCUT2D eigenvalue weighted by atomic mass is 10.2. The lowest BCUT2D eigenvalue weighted by Gasteiger charge is -2.09. The van der Waals surface area contributed by atoms with Gasteiger partial charge in [-0.1, -0.05) is 18.2 Å². The van der Waals surface area contributed by atoms with E-state index in [1.807, 2.05) is 31.2 Å². The Balaban J connectivity index is 2.18. The molecule has 6 nitrogen and oxygen atoms in total. The van der Waals surface area contributed by atoms with Crippen LogP contribution in [0.15, 0.2) is 30.5 Å². The molecule has 0 bridgehead atoms. The fraction of sp³-hybridized carbons (Fsp3) is 0.286. The van der Waals surface area contributed by atoms with Crippen LogP contribution in [0.4, 0.5) is 5.69 Å². The molecule has 1 aromatic heterocycles. The van der Waals surface area contributed by atoms with Crippen molar-refractivity contribution in [1.29, 1.82) is 0 Å². The SMILES string of the molecule is CCn1cc(NCc2ccccc2OC)c(C(=O)O)n1. The molecular formula is C14H17N3O3. The first-order valence-electron chi connectivity index (χ1n) is 6.32. The number of carboxylic acid groups (broad SMARTS) is 1. The summed E-state index contributed by atoms with van der Waals surface area (Å²) < 4.78 is 6.85. The number of para-hydroxylation sites is 1. The molecule has 0 aliphatic rings. The van der Waals surface area contributed by atoms with E-state index in [1.54, 1.807) is 18.0 Å². The minimum absolute atomic E-state index is 0.0294. The Kier molecular flexibility index (Phi) is 4.24. The number of ether oxygens (including phenoxy) is 1. The van der Waals surface area contributed by atoms with Crippen LogP contribution in [0.5, 0.6) is 5.75 Å². The quantitative estimate of drug-likeness (QED) is 0.845. The Bertz CT molecular complexity index is 607. The van der Waals surface area contributed by atoms with Crippen molar-refractivity contribution in [3.05, 3.63) is 41.7 Å². The number of hydrogen-bond donors (Lipinski definition) is 2. The molecule has 1 aromatic carbocycles. The molecule has 106 valence electrons. The summed E-state index contributed by atoms with van der Waals surface area (Å²) >= 11 is 0. The molecule has 0 saturated carbocycles. The first-order valence-corrected chi connectivity index (χ1v) is 6.32. The van der Waals surface area contributed by atoms with Gasteiger partial charge in [-0.3, -0.25) is 4.68 Å². The van der Waals surface area contributed by atoms with Gasteiger partial charge in [-0.15, -0.1) is 0 Å². The minimum Gasteiger partial charge on any atom is -0.496 e. The van der Waals surface area contributed by atoms with Crippen molar-refractivity contribution >= 4 is 11.7 Å². The van der Waals surface area contributed by atoms with Crippen molar-refractivity contribution in [2.24, 2.45) is 0 Å². The van der Waals surface area contributed by atoms with Crippen LogP contribution >= 0.6 is 0 Å².